The van der Waals surface area contributed by atoms with E-state index < -0.39 is 6.10 Å². The average Bonchev–Trinajstić information content (AvgIpc) is 3.17. The number of fused-ring (bicyclic) bond motifs is 1. The van der Waals surface area contributed by atoms with Crippen molar-refractivity contribution in [3.8, 4) is 5.75 Å². The van der Waals surface area contributed by atoms with Crippen LogP contribution in [0.3, 0.4) is 0 Å². The third-order valence-electron chi connectivity index (χ3n) is 3.93. The number of rotatable bonds is 4. The molecule has 8 nitrogen and oxygen atoms in total. The highest BCUT2D eigenvalue weighted by molar-refractivity contribution is 7.13. The van der Waals surface area contributed by atoms with Gasteiger partial charge in [-0.2, -0.15) is 0 Å². The Morgan fingerprint density at radius 2 is 2.07 bits per heavy atom. The molecule has 27 heavy (non-hydrogen) atoms. The van der Waals surface area contributed by atoms with Crippen molar-refractivity contribution in [2.75, 3.05) is 22.5 Å². The Labute approximate surface area is 158 Å². The first-order chi connectivity index (χ1) is 13.1. The molecule has 0 bridgehead atoms. The minimum absolute atomic E-state index is 0.224. The van der Waals surface area contributed by atoms with Gasteiger partial charge in [-0.25, -0.2) is 9.97 Å². The molecule has 0 saturated heterocycles. The second kappa shape index (κ2) is 7.04. The zero-order valence-corrected chi connectivity index (χ0v) is 14.8. The summed E-state index contributed by atoms with van der Waals surface area (Å²) in [5.74, 6) is 0.0677. The van der Waals surface area contributed by atoms with E-state index in [0.29, 0.717) is 16.4 Å². The molecule has 0 aliphatic carbocycles. The van der Waals surface area contributed by atoms with Crippen LogP contribution in [0.5, 0.6) is 5.75 Å². The number of amides is 2. The quantitative estimate of drug-likeness (QED) is 0.717. The number of carbonyl (C=O) groups excluding carboxylic acids is 2. The molecule has 3 N–H and O–H groups in total. The fraction of sp³-hybridized carbons (Fsp3) is 0.111. The highest BCUT2D eigenvalue weighted by Crippen LogP contribution is 2.37. The van der Waals surface area contributed by atoms with Gasteiger partial charge in [0.05, 0.1) is 0 Å². The summed E-state index contributed by atoms with van der Waals surface area (Å²) in [7, 11) is 0. The van der Waals surface area contributed by atoms with Gasteiger partial charge >= 0.3 is 0 Å². The van der Waals surface area contributed by atoms with Crippen molar-refractivity contribution >= 4 is 39.9 Å². The number of nitrogen functional groups attached to an aromatic ring is 1. The second-order valence-corrected chi connectivity index (χ2v) is 6.67. The van der Waals surface area contributed by atoms with E-state index in [-0.39, 0.29) is 30.0 Å². The van der Waals surface area contributed by atoms with Gasteiger partial charge in [0.25, 0.3) is 5.91 Å². The van der Waals surface area contributed by atoms with Crippen molar-refractivity contribution in [2.24, 2.45) is 0 Å². The minimum Gasteiger partial charge on any atom is -0.472 e. The molecule has 1 atom stereocenters. The number of ether oxygens (including phenoxy) is 1. The average molecular weight is 381 g/mol. The standard InChI is InChI=1S/C18H15N5O3S/c19-13-7-6-12-16(21-13)23(10-14(24)22-18-20-8-9-27-18)17(25)15(26-12)11-4-2-1-3-5-11/h1-9,15H,10H2,(H2,19,21)(H,20,22,24). The van der Waals surface area contributed by atoms with E-state index in [0.717, 1.165) is 0 Å². The molecule has 1 unspecified atom stereocenters. The number of anilines is 3. The van der Waals surface area contributed by atoms with Gasteiger partial charge in [-0.05, 0) is 12.1 Å². The Kier molecular flexibility index (Phi) is 4.43. The number of carbonyl (C=O) groups is 2. The maximum Gasteiger partial charge on any atom is 0.274 e. The molecule has 1 aliphatic heterocycles. The molecular weight excluding hydrogens is 366 g/mol. The molecule has 1 aromatic carbocycles. The largest absolute Gasteiger partial charge is 0.472 e. The molecular formula is C18H15N5O3S. The third-order valence-corrected chi connectivity index (χ3v) is 4.62. The fourth-order valence-corrected chi connectivity index (χ4v) is 3.28. The lowest BCUT2D eigenvalue weighted by atomic mass is 10.1. The zero-order valence-electron chi connectivity index (χ0n) is 14.0. The number of thiazole rings is 1. The summed E-state index contributed by atoms with van der Waals surface area (Å²) in [6, 6.07) is 12.3. The van der Waals surface area contributed by atoms with Crippen LogP contribution in [0.2, 0.25) is 0 Å². The second-order valence-electron chi connectivity index (χ2n) is 5.78. The van der Waals surface area contributed by atoms with Crippen LogP contribution in [0.1, 0.15) is 11.7 Å². The molecule has 0 spiro atoms. The van der Waals surface area contributed by atoms with E-state index >= 15 is 0 Å². The van der Waals surface area contributed by atoms with Crippen LogP contribution in [0.4, 0.5) is 16.8 Å². The van der Waals surface area contributed by atoms with Crippen molar-refractivity contribution in [1.82, 2.24) is 9.97 Å². The van der Waals surface area contributed by atoms with E-state index in [2.05, 4.69) is 15.3 Å². The molecule has 2 amide bonds. The maximum absolute atomic E-state index is 13.1. The zero-order chi connectivity index (χ0) is 18.8. The van der Waals surface area contributed by atoms with Crippen LogP contribution in [0.25, 0.3) is 0 Å². The van der Waals surface area contributed by atoms with Gasteiger partial charge in [0.2, 0.25) is 12.0 Å². The van der Waals surface area contributed by atoms with E-state index in [1.165, 1.54) is 16.2 Å². The molecule has 4 rings (SSSR count). The summed E-state index contributed by atoms with van der Waals surface area (Å²) < 4.78 is 5.85. The van der Waals surface area contributed by atoms with Gasteiger partial charge in [-0.15, -0.1) is 11.3 Å². The smallest absolute Gasteiger partial charge is 0.274 e. The molecule has 2 aromatic heterocycles. The van der Waals surface area contributed by atoms with Crippen LogP contribution in [-0.2, 0) is 9.59 Å². The van der Waals surface area contributed by atoms with Crippen LogP contribution in [0, 0.1) is 0 Å². The Morgan fingerprint density at radius 1 is 1.26 bits per heavy atom. The first-order valence-corrected chi connectivity index (χ1v) is 8.98. The van der Waals surface area contributed by atoms with Gasteiger partial charge in [-0.3, -0.25) is 14.5 Å². The number of pyridine rings is 1. The Bertz CT molecular complexity index is 978. The lowest BCUT2D eigenvalue weighted by Crippen LogP contribution is -2.45. The Morgan fingerprint density at radius 3 is 2.81 bits per heavy atom. The molecule has 9 heteroatoms. The van der Waals surface area contributed by atoms with Crippen molar-refractivity contribution in [3.63, 3.8) is 0 Å². The molecule has 1 aliphatic rings. The summed E-state index contributed by atoms with van der Waals surface area (Å²) in [5.41, 5.74) is 6.45. The fourth-order valence-electron chi connectivity index (χ4n) is 2.74. The SMILES string of the molecule is Nc1ccc2c(n1)N(CC(=O)Nc1nccs1)C(=O)C(c1ccccc1)O2. The summed E-state index contributed by atoms with van der Waals surface area (Å²) in [4.78, 5) is 35.0. The highest BCUT2D eigenvalue weighted by atomic mass is 32.1. The van der Waals surface area contributed by atoms with Gasteiger partial charge in [0.15, 0.2) is 16.7 Å². The van der Waals surface area contributed by atoms with E-state index in [9.17, 15) is 9.59 Å². The van der Waals surface area contributed by atoms with E-state index in [1.807, 2.05) is 18.2 Å². The number of nitrogens with one attached hydrogen (secondary N) is 1. The first-order valence-electron chi connectivity index (χ1n) is 8.10. The lowest BCUT2D eigenvalue weighted by Gasteiger charge is -2.33. The summed E-state index contributed by atoms with van der Waals surface area (Å²) in [6.07, 6.45) is 0.722. The van der Waals surface area contributed by atoms with Crippen LogP contribution < -0.4 is 20.7 Å². The predicted octanol–water partition coefficient (Wildman–Crippen LogP) is 2.23. The third kappa shape index (κ3) is 3.44. The van der Waals surface area contributed by atoms with Crippen LogP contribution >= 0.6 is 11.3 Å². The highest BCUT2D eigenvalue weighted by Gasteiger charge is 2.37. The monoisotopic (exact) mass is 381 g/mol. The Hall–Kier alpha value is -3.46. The van der Waals surface area contributed by atoms with E-state index in [4.69, 9.17) is 10.5 Å². The summed E-state index contributed by atoms with van der Waals surface area (Å²) in [6.45, 7) is -0.228. The molecule has 3 heterocycles. The summed E-state index contributed by atoms with van der Waals surface area (Å²) >= 11 is 1.29. The van der Waals surface area contributed by atoms with Gasteiger partial charge in [0, 0.05) is 17.1 Å². The first kappa shape index (κ1) is 17.0. The van der Waals surface area contributed by atoms with Crippen LogP contribution in [-0.4, -0.2) is 28.3 Å². The number of hydrogen-bond acceptors (Lipinski definition) is 7. The molecule has 0 saturated carbocycles. The lowest BCUT2D eigenvalue weighted by molar-refractivity contribution is -0.128. The van der Waals surface area contributed by atoms with Gasteiger partial charge in [-0.1, -0.05) is 30.3 Å². The van der Waals surface area contributed by atoms with Crippen molar-refractivity contribution in [2.45, 2.75) is 6.10 Å². The van der Waals surface area contributed by atoms with Crippen molar-refractivity contribution < 1.29 is 14.3 Å². The maximum atomic E-state index is 13.1. The normalized spacial score (nSPS) is 15.8. The van der Waals surface area contributed by atoms with Crippen molar-refractivity contribution in [3.05, 3.63) is 59.6 Å². The number of nitrogens with two attached hydrogens (primary N) is 1. The molecule has 0 radical (unpaired) electrons. The Balaban J connectivity index is 1.66. The summed E-state index contributed by atoms with van der Waals surface area (Å²) in [5, 5.41) is 4.87. The predicted molar refractivity (Wildman–Crippen MR) is 102 cm³/mol. The topological polar surface area (TPSA) is 110 Å². The van der Waals surface area contributed by atoms with Gasteiger partial charge in [0.1, 0.15) is 12.4 Å². The van der Waals surface area contributed by atoms with E-state index in [1.54, 1.807) is 35.8 Å². The van der Waals surface area contributed by atoms with Crippen molar-refractivity contribution in [1.29, 1.82) is 0 Å². The molecule has 3 aromatic rings. The molecule has 136 valence electrons. The minimum atomic E-state index is -0.864. The number of aromatic nitrogens is 2. The van der Waals surface area contributed by atoms with Crippen LogP contribution in [0.15, 0.2) is 54.0 Å². The number of nitrogens with zero attached hydrogens (tertiary/aromatic N) is 3. The number of hydrogen-bond donors (Lipinski definition) is 2. The van der Waals surface area contributed by atoms with Gasteiger partial charge < -0.3 is 15.8 Å². The number of benzene rings is 1. The molecule has 0 fully saturated rings.